The first kappa shape index (κ1) is 16.3. The molecule has 0 fully saturated rings. The Morgan fingerprint density at radius 3 is 2.71 bits per heavy atom. The lowest BCUT2D eigenvalue weighted by Crippen LogP contribution is -2.35. The maximum absolute atomic E-state index is 5.14. The SMILES string of the molecule is COCCSc1nc2ccccc2cc1CNC(C)(C)C. The fourth-order valence-corrected chi connectivity index (χ4v) is 2.90. The van der Waals surface area contributed by atoms with E-state index in [-0.39, 0.29) is 5.54 Å². The van der Waals surface area contributed by atoms with Crippen molar-refractivity contribution in [3.05, 3.63) is 35.9 Å². The summed E-state index contributed by atoms with van der Waals surface area (Å²) in [5.41, 5.74) is 2.40. The van der Waals surface area contributed by atoms with Crippen LogP contribution in [-0.4, -0.2) is 30.0 Å². The Morgan fingerprint density at radius 1 is 1.24 bits per heavy atom. The molecule has 0 saturated carbocycles. The van der Waals surface area contributed by atoms with E-state index in [2.05, 4.69) is 50.4 Å². The number of hydrogen-bond donors (Lipinski definition) is 1. The van der Waals surface area contributed by atoms with E-state index in [0.717, 1.165) is 29.4 Å². The monoisotopic (exact) mass is 304 g/mol. The van der Waals surface area contributed by atoms with Gasteiger partial charge in [0.25, 0.3) is 0 Å². The summed E-state index contributed by atoms with van der Waals surface area (Å²) < 4.78 is 5.14. The molecule has 1 aromatic carbocycles. The molecule has 0 aliphatic rings. The predicted molar refractivity (Wildman–Crippen MR) is 90.9 cm³/mol. The average Bonchev–Trinajstić information content (AvgIpc) is 2.44. The highest BCUT2D eigenvalue weighted by molar-refractivity contribution is 7.99. The number of methoxy groups -OCH3 is 1. The Labute approximate surface area is 131 Å². The van der Waals surface area contributed by atoms with Crippen molar-refractivity contribution in [1.29, 1.82) is 0 Å². The molecule has 1 heterocycles. The van der Waals surface area contributed by atoms with Gasteiger partial charge in [0.1, 0.15) is 5.03 Å². The molecular formula is C17H24N2OS. The van der Waals surface area contributed by atoms with Gasteiger partial charge in [-0.2, -0.15) is 0 Å². The van der Waals surface area contributed by atoms with Gasteiger partial charge in [-0.05, 0) is 38.5 Å². The average molecular weight is 304 g/mol. The quantitative estimate of drug-likeness (QED) is 0.649. The summed E-state index contributed by atoms with van der Waals surface area (Å²) >= 11 is 1.76. The summed E-state index contributed by atoms with van der Waals surface area (Å²) in [7, 11) is 1.73. The maximum atomic E-state index is 5.14. The van der Waals surface area contributed by atoms with Gasteiger partial charge in [0.05, 0.1) is 12.1 Å². The summed E-state index contributed by atoms with van der Waals surface area (Å²) in [6, 6.07) is 10.5. The first-order chi connectivity index (χ1) is 9.99. The van der Waals surface area contributed by atoms with E-state index in [1.54, 1.807) is 18.9 Å². The molecule has 0 amide bonds. The molecule has 0 spiro atoms. The van der Waals surface area contributed by atoms with Crippen LogP contribution in [0, 0.1) is 0 Å². The van der Waals surface area contributed by atoms with Crippen LogP contribution in [0.1, 0.15) is 26.3 Å². The number of ether oxygens (including phenoxy) is 1. The summed E-state index contributed by atoms with van der Waals surface area (Å²) in [6.07, 6.45) is 0. The minimum absolute atomic E-state index is 0.0973. The number of nitrogens with zero attached hydrogens (tertiary/aromatic N) is 1. The number of thioether (sulfide) groups is 1. The smallest absolute Gasteiger partial charge is 0.101 e. The van der Waals surface area contributed by atoms with E-state index < -0.39 is 0 Å². The fourth-order valence-electron chi connectivity index (χ4n) is 1.98. The molecule has 1 aromatic heterocycles. The van der Waals surface area contributed by atoms with Crippen molar-refractivity contribution < 1.29 is 4.74 Å². The van der Waals surface area contributed by atoms with E-state index >= 15 is 0 Å². The number of para-hydroxylation sites is 1. The number of aromatic nitrogens is 1. The molecule has 21 heavy (non-hydrogen) atoms. The van der Waals surface area contributed by atoms with Crippen LogP contribution < -0.4 is 5.32 Å². The Balaban J connectivity index is 2.27. The molecule has 0 unspecified atom stereocenters. The Kier molecular flexibility index (Phi) is 5.62. The van der Waals surface area contributed by atoms with Crippen LogP contribution in [0.4, 0.5) is 0 Å². The lowest BCUT2D eigenvalue weighted by atomic mass is 10.1. The van der Waals surface area contributed by atoms with E-state index in [0.29, 0.717) is 0 Å². The third kappa shape index (κ3) is 4.99. The van der Waals surface area contributed by atoms with Crippen molar-refractivity contribution in [2.45, 2.75) is 37.9 Å². The normalized spacial score (nSPS) is 12.0. The molecule has 0 radical (unpaired) electrons. The van der Waals surface area contributed by atoms with Crippen LogP contribution in [0.5, 0.6) is 0 Å². The van der Waals surface area contributed by atoms with Gasteiger partial charge in [-0.1, -0.05) is 18.2 Å². The molecule has 4 heteroatoms. The van der Waals surface area contributed by atoms with Crippen LogP contribution in [-0.2, 0) is 11.3 Å². The van der Waals surface area contributed by atoms with Crippen LogP contribution >= 0.6 is 11.8 Å². The third-order valence-electron chi connectivity index (χ3n) is 3.10. The first-order valence-electron chi connectivity index (χ1n) is 7.25. The Bertz CT molecular complexity index is 593. The second-order valence-electron chi connectivity index (χ2n) is 6.09. The van der Waals surface area contributed by atoms with Crippen molar-refractivity contribution in [2.75, 3.05) is 19.5 Å². The maximum Gasteiger partial charge on any atom is 0.101 e. The predicted octanol–water partition coefficient (Wildman–Crippen LogP) is 3.86. The topological polar surface area (TPSA) is 34.1 Å². The standard InChI is InChI=1S/C17H24N2OS/c1-17(2,3)18-12-14-11-13-7-5-6-8-15(13)19-16(14)21-10-9-20-4/h5-8,11,18H,9-10,12H2,1-4H3. The molecule has 0 saturated heterocycles. The van der Waals surface area contributed by atoms with E-state index in [1.165, 1.54) is 10.9 Å². The molecule has 0 bridgehead atoms. The number of fused-ring (bicyclic) bond motifs is 1. The second-order valence-corrected chi connectivity index (χ2v) is 7.17. The highest BCUT2D eigenvalue weighted by atomic mass is 32.2. The molecular weight excluding hydrogens is 280 g/mol. The molecule has 0 aliphatic carbocycles. The number of rotatable bonds is 6. The van der Waals surface area contributed by atoms with Gasteiger partial charge < -0.3 is 10.1 Å². The largest absolute Gasteiger partial charge is 0.384 e. The van der Waals surface area contributed by atoms with Gasteiger partial charge in [-0.15, -0.1) is 11.8 Å². The summed E-state index contributed by atoms with van der Waals surface area (Å²) in [6.45, 7) is 8.11. The van der Waals surface area contributed by atoms with E-state index in [4.69, 9.17) is 9.72 Å². The summed E-state index contributed by atoms with van der Waals surface area (Å²) in [5, 5.41) is 5.84. The zero-order chi connectivity index (χ0) is 15.3. The lowest BCUT2D eigenvalue weighted by Gasteiger charge is -2.21. The number of benzene rings is 1. The van der Waals surface area contributed by atoms with Crippen LogP contribution in [0.15, 0.2) is 35.4 Å². The zero-order valence-electron chi connectivity index (χ0n) is 13.3. The van der Waals surface area contributed by atoms with Gasteiger partial charge in [-0.3, -0.25) is 0 Å². The minimum atomic E-state index is 0.0973. The molecule has 1 N–H and O–H groups in total. The summed E-state index contributed by atoms with van der Waals surface area (Å²) in [4.78, 5) is 4.82. The van der Waals surface area contributed by atoms with Crippen LogP contribution in [0.25, 0.3) is 10.9 Å². The second kappa shape index (κ2) is 7.25. The highest BCUT2D eigenvalue weighted by Gasteiger charge is 2.12. The van der Waals surface area contributed by atoms with Gasteiger partial charge in [0, 0.05) is 30.3 Å². The number of hydrogen-bond acceptors (Lipinski definition) is 4. The van der Waals surface area contributed by atoms with Crippen molar-refractivity contribution in [2.24, 2.45) is 0 Å². The van der Waals surface area contributed by atoms with Crippen molar-refractivity contribution in [3.63, 3.8) is 0 Å². The van der Waals surface area contributed by atoms with Gasteiger partial charge in [-0.25, -0.2) is 4.98 Å². The molecule has 0 atom stereocenters. The first-order valence-corrected chi connectivity index (χ1v) is 8.23. The molecule has 2 rings (SSSR count). The van der Waals surface area contributed by atoms with Gasteiger partial charge in [0.2, 0.25) is 0 Å². The summed E-state index contributed by atoms with van der Waals surface area (Å²) in [5.74, 6) is 0.921. The van der Waals surface area contributed by atoms with Crippen molar-refractivity contribution in [1.82, 2.24) is 10.3 Å². The van der Waals surface area contributed by atoms with Gasteiger partial charge >= 0.3 is 0 Å². The van der Waals surface area contributed by atoms with E-state index in [9.17, 15) is 0 Å². The molecule has 2 aromatic rings. The zero-order valence-corrected chi connectivity index (χ0v) is 14.1. The number of pyridine rings is 1. The van der Waals surface area contributed by atoms with E-state index in [1.807, 2.05) is 6.07 Å². The fraction of sp³-hybridized carbons (Fsp3) is 0.471. The Morgan fingerprint density at radius 2 is 2.00 bits per heavy atom. The Hall–Kier alpha value is -1.10. The highest BCUT2D eigenvalue weighted by Crippen LogP contribution is 2.25. The van der Waals surface area contributed by atoms with Crippen LogP contribution in [0.2, 0.25) is 0 Å². The minimum Gasteiger partial charge on any atom is -0.384 e. The van der Waals surface area contributed by atoms with Crippen molar-refractivity contribution >= 4 is 22.7 Å². The van der Waals surface area contributed by atoms with Crippen LogP contribution in [0.3, 0.4) is 0 Å². The molecule has 114 valence electrons. The lowest BCUT2D eigenvalue weighted by molar-refractivity contribution is 0.218. The van der Waals surface area contributed by atoms with Gasteiger partial charge in [0.15, 0.2) is 0 Å². The number of nitrogens with one attached hydrogen (secondary N) is 1. The van der Waals surface area contributed by atoms with Crippen molar-refractivity contribution in [3.8, 4) is 0 Å². The third-order valence-corrected chi connectivity index (χ3v) is 4.10. The molecule has 0 aliphatic heterocycles. The molecule has 3 nitrogen and oxygen atoms in total.